The second kappa shape index (κ2) is 6.09. The first-order valence-electron chi connectivity index (χ1n) is 5.68. The van der Waals surface area contributed by atoms with Gasteiger partial charge in [0.1, 0.15) is 4.38 Å². The summed E-state index contributed by atoms with van der Waals surface area (Å²) in [6, 6.07) is 3.03. The largest absolute Gasteiger partial charge is 0.276 e. The second-order valence-electron chi connectivity index (χ2n) is 4.26. The molecule has 1 heterocycles. The molecule has 0 aliphatic carbocycles. The molecule has 0 fully saturated rings. The average molecular weight is 350 g/mol. The minimum absolute atomic E-state index is 0.118. The number of aliphatic imine (C=N–C) groups is 1. The second-order valence-corrected chi connectivity index (χ2v) is 8.96. The van der Waals surface area contributed by atoms with E-state index in [1.54, 1.807) is 24.8 Å². The number of halogens is 1. The van der Waals surface area contributed by atoms with E-state index in [-0.39, 0.29) is 10.5 Å². The van der Waals surface area contributed by atoms with Crippen LogP contribution in [-0.2, 0) is 9.84 Å². The van der Waals surface area contributed by atoms with Gasteiger partial charge in [-0.3, -0.25) is 9.79 Å². The summed E-state index contributed by atoms with van der Waals surface area (Å²) in [7, 11) is -3.44. The van der Waals surface area contributed by atoms with Crippen molar-refractivity contribution in [2.75, 3.05) is 18.6 Å². The minimum Gasteiger partial charge on any atom is -0.276 e. The molecule has 1 aromatic rings. The number of benzene rings is 1. The number of aryl methyl sites for hydroxylation is 1. The molecule has 1 aromatic carbocycles. The van der Waals surface area contributed by atoms with Crippen LogP contribution in [0.15, 0.2) is 26.9 Å². The summed E-state index contributed by atoms with van der Waals surface area (Å²) in [6.07, 6.45) is 1.12. The molecule has 8 heteroatoms. The van der Waals surface area contributed by atoms with Crippen LogP contribution in [0, 0.1) is 6.92 Å². The van der Waals surface area contributed by atoms with Crippen molar-refractivity contribution in [1.82, 2.24) is 0 Å². The van der Waals surface area contributed by atoms with Gasteiger partial charge in [-0.25, -0.2) is 8.42 Å². The lowest BCUT2D eigenvalue weighted by Crippen LogP contribution is -2.04. The van der Waals surface area contributed by atoms with E-state index in [0.717, 1.165) is 22.9 Å². The van der Waals surface area contributed by atoms with E-state index < -0.39 is 15.1 Å². The number of nitrogens with zero attached hydrogens (tertiary/aromatic N) is 1. The van der Waals surface area contributed by atoms with Crippen LogP contribution in [0.1, 0.15) is 15.9 Å². The van der Waals surface area contributed by atoms with E-state index >= 15 is 0 Å². The van der Waals surface area contributed by atoms with E-state index in [1.807, 2.05) is 0 Å². The molecule has 1 aliphatic rings. The fourth-order valence-electron chi connectivity index (χ4n) is 1.71. The summed E-state index contributed by atoms with van der Waals surface area (Å²) in [6.45, 7) is 2.48. The molecule has 0 amide bonds. The number of carbonyl (C=O) groups is 1. The Labute approximate surface area is 131 Å². The molecule has 0 unspecified atom stereocenters. The van der Waals surface area contributed by atoms with Crippen molar-refractivity contribution in [1.29, 1.82) is 0 Å². The lowest BCUT2D eigenvalue weighted by molar-refractivity contribution is 0.108. The van der Waals surface area contributed by atoms with Gasteiger partial charge in [-0.2, -0.15) is 0 Å². The Kier molecular flexibility index (Phi) is 4.84. The Balaban J connectivity index is 2.54. The number of rotatable bonds is 3. The van der Waals surface area contributed by atoms with Crippen molar-refractivity contribution < 1.29 is 13.2 Å². The van der Waals surface area contributed by atoms with Crippen LogP contribution in [0.25, 0.3) is 0 Å². The van der Waals surface area contributed by atoms with Gasteiger partial charge in [0.15, 0.2) is 9.84 Å². The molecule has 0 N–H and O–H groups in total. The fourth-order valence-corrected chi connectivity index (χ4v) is 5.29. The third-order valence-corrected chi connectivity index (χ3v) is 6.35. The van der Waals surface area contributed by atoms with Crippen molar-refractivity contribution in [3.05, 3.63) is 23.3 Å². The van der Waals surface area contributed by atoms with Gasteiger partial charge < -0.3 is 0 Å². The molecule has 108 valence electrons. The Morgan fingerprint density at radius 3 is 2.65 bits per heavy atom. The first-order valence-corrected chi connectivity index (χ1v) is 9.76. The van der Waals surface area contributed by atoms with Crippen LogP contribution in [-0.4, -0.2) is 36.6 Å². The van der Waals surface area contributed by atoms with Gasteiger partial charge in [0.25, 0.3) is 5.24 Å². The fraction of sp³-hybridized carbons (Fsp3) is 0.333. The van der Waals surface area contributed by atoms with Gasteiger partial charge in [-0.05, 0) is 36.2 Å². The van der Waals surface area contributed by atoms with Gasteiger partial charge in [-0.1, -0.05) is 23.5 Å². The number of carbonyl (C=O) groups excluding carboxylic acids is 1. The SMILES string of the molecule is Cc1cc(SC2=NCCS2)c(S(C)(=O)=O)cc1C(=O)Cl. The molecule has 0 saturated carbocycles. The van der Waals surface area contributed by atoms with Crippen molar-refractivity contribution in [2.45, 2.75) is 16.7 Å². The van der Waals surface area contributed by atoms with E-state index in [1.165, 1.54) is 17.8 Å². The zero-order valence-corrected chi connectivity index (χ0v) is 14.0. The van der Waals surface area contributed by atoms with Gasteiger partial charge in [-0.15, -0.1) is 0 Å². The van der Waals surface area contributed by atoms with E-state index in [4.69, 9.17) is 11.6 Å². The molecule has 0 atom stereocenters. The van der Waals surface area contributed by atoms with Crippen LogP contribution in [0.5, 0.6) is 0 Å². The van der Waals surface area contributed by atoms with Gasteiger partial charge in [0, 0.05) is 22.5 Å². The molecule has 4 nitrogen and oxygen atoms in total. The van der Waals surface area contributed by atoms with Crippen LogP contribution >= 0.6 is 35.1 Å². The van der Waals surface area contributed by atoms with Crippen LogP contribution < -0.4 is 0 Å². The highest BCUT2D eigenvalue weighted by atomic mass is 35.5. The van der Waals surface area contributed by atoms with E-state index in [0.29, 0.717) is 10.5 Å². The zero-order valence-electron chi connectivity index (χ0n) is 10.8. The Morgan fingerprint density at radius 1 is 1.45 bits per heavy atom. The molecule has 0 spiro atoms. The Hall–Kier alpha value is -0.500. The summed E-state index contributed by atoms with van der Waals surface area (Å²) in [4.78, 5) is 16.3. The summed E-state index contributed by atoms with van der Waals surface area (Å²) in [5.74, 6) is 0.910. The standard InChI is InChI=1S/C12H12ClNO3S3/c1-7-5-9(19-12-14-3-4-18-12)10(20(2,16)17)6-8(7)11(13)15/h5-6H,3-4H2,1-2H3. The zero-order chi connectivity index (χ0) is 14.9. The molecular weight excluding hydrogens is 338 g/mol. The van der Waals surface area contributed by atoms with E-state index in [2.05, 4.69) is 4.99 Å². The van der Waals surface area contributed by atoms with Crippen molar-refractivity contribution in [3.8, 4) is 0 Å². The lowest BCUT2D eigenvalue weighted by atomic mass is 10.1. The molecule has 1 aliphatic heterocycles. The molecule has 2 rings (SSSR count). The predicted octanol–water partition coefficient (Wildman–Crippen LogP) is 2.97. The smallest absolute Gasteiger partial charge is 0.252 e. The summed E-state index contributed by atoms with van der Waals surface area (Å²) in [5, 5.41) is -0.656. The summed E-state index contributed by atoms with van der Waals surface area (Å²) in [5.41, 5.74) is 0.876. The first kappa shape index (κ1) is 15.9. The normalized spacial score (nSPS) is 15.2. The van der Waals surface area contributed by atoms with Gasteiger partial charge >= 0.3 is 0 Å². The Morgan fingerprint density at radius 2 is 2.15 bits per heavy atom. The van der Waals surface area contributed by atoms with E-state index in [9.17, 15) is 13.2 Å². The number of sulfone groups is 1. The lowest BCUT2D eigenvalue weighted by Gasteiger charge is -2.11. The van der Waals surface area contributed by atoms with Crippen molar-refractivity contribution >= 4 is 54.6 Å². The van der Waals surface area contributed by atoms with Crippen LogP contribution in [0.2, 0.25) is 0 Å². The number of thioether (sulfide) groups is 2. The molecule has 0 saturated heterocycles. The highest BCUT2D eigenvalue weighted by Gasteiger charge is 2.21. The highest BCUT2D eigenvalue weighted by molar-refractivity contribution is 8.39. The maximum absolute atomic E-state index is 11.9. The topological polar surface area (TPSA) is 63.6 Å². The number of hydrogen-bond donors (Lipinski definition) is 0. The average Bonchev–Trinajstić information content (AvgIpc) is 2.79. The minimum atomic E-state index is -3.44. The molecule has 20 heavy (non-hydrogen) atoms. The number of hydrogen-bond acceptors (Lipinski definition) is 6. The third-order valence-electron chi connectivity index (χ3n) is 2.66. The molecule has 0 aromatic heterocycles. The maximum atomic E-state index is 11.9. The van der Waals surface area contributed by atoms with Crippen LogP contribution in [0.3, 0.4) is 0 Å². The summed E-state index contributed by atoms with van der Waals surface area (Å²) < 4.78 is 24.6. The van der Waals surface area contributed by atoms with Gasteiger partial charge in [0.05, 0.1) is 11.4 Å². The van der Waals surface area contributed by atoms with Crippen LogP contribution in [0.4, 0.5) is 0 Å². The molecular formula is C12H12ClNO3S3. The monoisotopic (exact) mass is 349 g/mol. The maximum Gasteiger partial charge on any atom is 0.252 e. The Bertz CT molecular complexity index is 698. The van der Waals surface area contributed by atoms with Crippen molar-refractivity contribution in [3.63, 3.8) is 0 Å². The first-order chi connectivity index (χ1) is 9.29. The molecule has 0 radical (unpaired) electrons. The van der Waals surface area contributed by atoms with Crippen molar-refractivity contribution in [2.24, 2.45) is 4.99 Å². The summed E-state index contributed by atoms with van der Waals surface area (Å²) >= 11 is 8.40. The highest BCUT2D eigenvalue weighted by Crippen LogP contribution is 2.35. The van der Waals surface area contributed by atoms with Gasteiger partial charge in [0.2, 0.25) is 0 Å². The third kappa shape index (κ3) is 3.58. The predicted molar refractivity (Wildman–Crippen MR) is 85.1 cm³/mol. The molecule has 0 bridgehead atoms. The quantitative estimate of drug-likeness (QED) is 0.785.